The van der Waals surface area contributed by atoms with Crippen LogP contribution in [0.2, 0.25) is 0 Å². The van der Waals surface area contributed by atoms with Crippen molar-refractivity contribution in [1.29, 1.82) is 0 Å². The van der Waals surface area contributed by atoms with E-state index in [9.17, 15) is 4.79 Å². The van der Waals surface area contributed by atoms with Crippen molar-refractivity contribution < 1.29 is 4.79 Å². The number of nitrogens with two attached hydrogens (primary N) is 1. The van der Waals surface area contributed by atoms with Crippen LogP contribution in [0.3, 0.4) is 0 Å². The Morgan fingerprint density at radius 2 is 2.00 bits per heavy atom. The minimum Gasteiger partial charge on any atom is -0.374 e. The summed E-state index contributed by atoms with van der Waals surface area (Å²) in [6.45, 7) is 6.43. The molecule has 3 N–H and O–H groups in total. The van der Waals surface area contributed by atoms with Crippen LogP contribution in [0.25, 0.3) is 10.9 Å². The highest BCUT2D eigenvalue weighted by atomic mass is 32.1. The minimum absolute atomic E-state index is 0.102. The molecule has 0 bridgehead atoms. The zero-order valence-corrected chi connectivity index (χ0v) is 14.7. The van der Waals surface area contributed by atoms with Crippen LogP contribution in [-0.2, 0) is 6.42 Å². The summed E-state index contributed by atoms with van der Waals surface area (Å²) < 4.78 is 0. The molecule has 1 amide bonds. The van der Waals surface area contributed by atoms with Crippen LogP contribution in [0.1, 0.15) is 32.2 Å². The molecule has 24 heavy (non-hydrogen) atoms. The van der Waals surface area contributed by atoms with E-state index in [4.69, 9.17) is 5.73 Å². The molecule has 124 valence electrons. The van der Waals surface area contributed by atoms with Crippen LogP contribution in [0.4, 0.5) is 5.13 Å². The highest BCUT2D eigenvalue weighted by Crippen LogP contribution is 2.24. The zero-order chi connectivity index (χ0) is 17.3. The number of nitrogens with zero attached hydrogens (tertiary/aromatic N) is 3. The molecule has 0 radical (unpaired) electrons. The topological polar surface area (TPSA) is 93.8 Å². The first-order chi connectivity index (χ1) is 11.4. The van der Waals surface area contributed by atoms with Crippen LogP contribution in [0.5, 0.6) is 0 Å². The average molecular weight is 341 g/mol. The largest absolute Gasteiger partial charge is 0.374 e. The van der Waals surface area contributed by atoms with Gasteiger partial charge in [-0.2, -0.15) is 0 Å². The molecule has 0 unspecified atom stereocenters. The number of pyridine rings is 1. The number of benzene rings is 1. The van der Waals surface area contributed by atoms with Gasteiger partial charge in [0.15, 0.2) is 0 Å². The van der Waals surface area contributed by atoms with Crippen molar-refractivity contribution in [1.82, 2.24) is 20.5 Å². The van der Waals surface area contributed by atoms with E-state index in [2.05, 4.69) is 26.6 Å². The number of fused-ring (bicyclic) bond motifs is 1. The van der Waals surface area contributed by atoms with Crippen molar-refractivity contribution in [2.45, 2.75) is 27.2 Å². The summed E-state index contributed by atoms with van der Waals surface area (Å²) >= 11 is 1.34. The molecule has 3 aromatic rings. The summed E-state index contributed by atoms with van der Waals surface area (Å²) in [7, 11) is 0. The van der Waals surface area contributed by atoms with Gasteiger partial charge in [0.05, 0.1) is 11.1 Å². The molecule has 0 saturated heterocycles. The molecule has 7 heteroatoms. The fourth-order valence-corrected chi connectivity index (χ4v) is 3.42. The summed E-state index contributed by atoms with van der Waals surface area (Å²) in [5.41, 5.74) is 10.1. The van der Waals surface area contributed by atoms with Gasteiger partial charge in [0, 0.05) is 24.0 Å². The average Bonchev–Trinajstić information content (AvgIpc) is 2.91. The second kappa shape index (κ2) is 6.52. The number of anilines is 1. The second-order valence-electron chi connectivity index (χ2n) is 5.83. The van der Waals surface area contributed by atoms with E-state index >= 15 is 0 Å². The van der Waals surface area contributed by atoms with E-state index in [0.717, 1.165) is 32.7 Å². The van der Waals surface area contributed by atoms with Gasteiger partial charge in [-0.05, 0) is 44.0 Å². The molecule has 0 aliphatic heterocycles. The first kappa shape index (κ1) is 16.3. The lowest BCUT2D eigenvalue weighted by atomic mass is 10.00. The van der Waals surface area contributed by atoms with Crippen LogP contribution in [0.15, 0.2) is 18.2 Å². The molecule has 0 atom stereocenters. The van der Waals surface area contributed by atoms with Gasteiger partial charge in [-0.25, -0.2) is 0 Å². The molecule has 1 aromatic carbocycles. The van der Waals surface area contributed by atoms with E-state index in [1.807, 2.05) is 32.9 Å². The molecule has 2 aromatic heterocycles. The van der Waals surface area contributed by atoms with E-state index in [0.29, 0.717) is 23.7 Å². The summed E-state index contributed by atoms with van der Waals surface area (Å²) in [6.07, 6.45) is 0.612. The Balaban J connectivity index is 1.84. The number of nitrogen functional groups attached to an aromatic ring is 1. The zero-order valence-electron chi connectivity index (χ0n) is 13.9. The van der Waals surface area contributed by atoms with Gasteiger partial charge in [0.1, 0.15) is 5.01 Å². The van der Waals surface area contributed by atoms with E-state index < -0.39 is 0 Å². The van der Waals surface area contributed by atoms with E-state index in [1.165, 1.54) is 11.3 Å². The number of carbonyl (C=O) groups is 1. The minimum atomic E-state index is -0.102. The monoisotopic (exact) mass is 341 g/mol. The molecule has 2 heterocycles. The predicted molar refractivity (Wildman–Crippen MR) is 96.3 cm³/mol. The normalized spacial score (nSPS) is 11.0. The van der Waals surface area contributed by atoms with Crippen molar-refractivity contribution in [2.24, 2.45) is 0 Å². The van der Waals surface area contributed by atoms with Crippen LogP contribution >= 0.6 is 11.3 Å². The molecule has 0 fully saturated rings. The Hall–Kier alpha value is -2.54. The van der Waals surface area contributed by atoms with Crippen molar-refractivity contribution in [3.8, 4) is 0 Å². The molecule has 0 spiro atoms. The van der Waals surface area contributed by atoms with E-state index in [1.54, 1.807) is 0 Å². The lowest BCUT2D eigenvalue weighted by Gasteiger charge is -2.11. The number of amides is 1. The van der Waals surface area contributed by atoms with Crippen molar-refractivity contribution in [2.75, 3.05) is 12.3 Å². The maximum atomic E-state index is 12.6. The van der Waals surface area contributed by atoms with Gasteiger partial charge >= 0.3 is 0 Å². The third kappa shape index (κ3) is 3.35. The number of nitrogens with one attached hydrogen (secondary N) is 1. The highest BCUT2D eigenvalue weighted by molar-refractivity contribution is 7.15. The summed E-state index contributed by atoms with van der Waals surface area (Å²) in [5.74, 6) is -0.102. The molecule has 3 rings (SSSR count). The lowest BCUT2D eigenvalue weighted by molar-refractivity contribution is 0.0955. The fraction of sp³-hybridized carbons (Fsp3) is 0.294. The Morgan fingerprint density at radius 3 is 2.71 bits per heavy atom. The van der Waals surface area contributed by atoms with Crippen molar-refractivity contribution in [3.63, 3.8) is 0 Å². The third-order valence-corrected chi connectivity index (χ3v) is 4.54. The molecule has 0 saturated carbocycles. The standard InChI is InChI=1S/C17H19N5OS/c1-9-6-10(2)15-12(8-11(3)20-13(15)7-9)16(23)19-5-4-14-21-22-17(18)24-14/h6-8H,4-5H2,1-3H3,(H2,18,22)(H,19,23). The quantitative estimate of drug-likeness (QED) is 0.760. The first-order valence-corrected chi connectivity index (χ1v) is 8.50. The number of carbonyl (C=O) groups excluding carboxylic acids is 1. The van der Waals surface area contributed by atoms with Gasteiger partial charge in [-0.3, -0.25) is 9.78 Å². The number of aromatic nitrogens is 3. The second-order valence-corrected chi connectivity index (χ2v) is 6.92. The molecular formula is C17H19N5OS. The van der Waals surface area contributed by atoms with Crippen molar-refractivity contribution in [3.05, 3.63) is 45.6 Å². The third-order valence-electron chi connectivity index (χ3n) is 3.73. The Morgan fingerprint density at radius 1 is 1.21 bits per heavy atom. The van der Waals surface area contributed by atoms with Crippen molar-refractivity contribution >= 4 is 33.3 Å². The van der Waals surface area contributed by atoms with Gasteiger partial charge in [-0.15, -0.1) is 10.2 Å². The van der Waals surface area contributed by atoms with Gasteiger partial charge in [0.2, 0.25) is 5.13 Å². The van der Waals surface area contributed by atoms with Crippen LogP contribution in [-0.4, -0.2) is 27.6 Å². The summed E-state index contributed by atoms with van der Waals surface area (Å²) in [6, 6.07) is 5.92. The van der Waals surface area contributed by atoms with Crippen LogP contribution in [0, 0.1) is 20.8 Å². The molecule has 0 aliphatic carbocycles. The number of aryl methyl sites for hydroxylation is 3. The molecule has 0 aliphatic rings. The molecule has 6 nitrogen and oxygen atoms in total. The first-order valence-electron chi connectivity index (χ1n) is 7.68. The molecular weight excluding hydrogens is 322 g/mol. The fourth-order valence-electron chi connectivity index (χ4n) is 2.81. The number of hydrogen-bond acceptors (Lipinski definition) is 6. The summed E-state index contributed by atoms with van der Waals surface area (Å²) in [5, 5.41) is 12.8. The number of rotatable bonds is 4. The lowest BCUT2D eigenvalue weighted by Crippen LogP contribution is -2.26. The Labute approximate surface area is 144 Å². The van der Waals surface area contributed by atoms with Gasteiger partial charge in [-0.1, -0.05) is 17.4 Å². The Bertz CT molecular complexity index is 913. The SMILES string of the molecule is Cc1cc(C)c2c(C(=O)NCCc3nnc(N)s3)cc(C)nc2c1. The maximum Gasteiger partial charge on any atom is 0.252 e. The summed E-state index contributed by atoms with van der Waals surface area (Å²) in [4.78, 5) is 17.2. The smallest absolute Gasteiger partial charge is 0.252 e. The Kier molecular flexibility index (Phi) is 4.44. The van der Waals surface area contributed by atoms with Crippen LogP contribution < -0.4 is 11.1 Å². The number of hydrogen-bond donors (Lipinski definition) is 2. The predicted octanol–water partition coefficient (Wildman–Crippen LogP) is 2.57. The maximum absolute atomic E-state index is 12.6. The highest BCUT2D eigenvalue weighted by Gasteiger charge is 2.14. The van der Waals surface area contributed by atoms with Gasteiger partial charge in [0.25, 0.3) is 5.91 Å². The van der Waals surface area contributed by atoms with Gasteiger partial charge < -0.3 is 11.1 Å². The van der Waals surface area contributed by atoms with E-state index in [-0.39, 0.29) is 5.91 Å².